The van der Waals surface area contributed by atoms with Gasteiger partial charge >= 0.3 is 0 Å². The second-order valence-corrected chi connectivity index (χ2v) is 7.95. The maximum Gasteiger partial charge on any atom is 0.244 e. The largest absolute Gasteiger partial charge is 0.395 e. The maximum atomic E-state index is 12.9. The summed E-state index contributed by atoms with van der Waals surface area (Å²) in [5.74, 6) is 0. The standard InChI is InChI=1S/C14H17ClN2O4S/c1-14(2)9-17(10(7-18)8-21-14)22(19,20)13-5-3-4-12(15)11(13)6-16/h3-5,10,18H,7-9H2,1-2H3. The summed E-state index contributed by atoms with van der Waals surface area (Å²) in [7, 11) is -3.97. The smallest absolute Gasteiger partial charge is 0.244 e. The SMILES string of the molecule is CC1(C)CN(S(=O)(=O)c2cccc(Cl)c2C#N)C(CO)CO1. The van der Waals surface area contributed by atoms with E-state index in [0.29, 0.717) is 0 Å². The monoisotopic (exact) mass is 344 g/mol. The van der Waals surface area contributed by atoms with Crippen LogP contribution in [0.25, 0.3) is 0 Å². The van der Waals surface area contributed by atoms with Crippen LogP contribution in [0.4, 0.5) is 0 Å². The first-order chi connectivity index (χ1) is 10.2. The van der Waals surface area contributed by atoms with E-state index in [1.54, 1.807) is 13.8 Å². The van der Waals surface area contributed by atoms with Gasteiger partial charge in [-0.25, -0.2) is 8.42 Å². The second kappa shape index (κ2) is 6.14. The molecule has 0 radical (unpaired) electrons. The highest BCUT2D eigenvalue weighted by molar-refractivity contribution is 7.89. The maximum absolute atomic E-state index is 12.9. The topological polar surface area (TPSA) is 90.6 Å². The van der Waals surface area contributed by atoms with E-state index in [1.807, 2.05) is 6.07 Å². The third-order valence-corrected chi connectivity index (χ3v) is 5.75. The summed E-state index contributed by atoms with van der Waals surface area (Å²) < 4.78 is 32.6. The lowest BCUT2D eigenvalue weighted by molar-refractivity contribution is -0.0971. The van der Waals surface area contributed by atoms with Gasteiger partial charge in [0.1, 0.15) is 11.0 Å². The first kappa shape index (κ1) is 17.2. The Labute approximate surface area is 134 Å². The zero-order valence-corrected chi connectivity index (χ0v) is 13.9. The first-order valence-corrected chi connectivity index (χ1v) is 8.50. The Morgan fingerprint density at radius 3 is 2.82 bits per heavy atom. The van der Waals surface area contributed by atoms with E-state index in [1.165, 1.54) is 22.5 Å². The minimum Gasteiger partial charge on any atom is -0.395 e. The summed E-state index contributed by atoms with van der Waals surface area (Å²) in [5, 5.41) is 18.7. The lowest BCUT2D eigenvalue weighted by Gasteiger charge is -2.42. The van der Waals surface area contributed by atoms with Crippen LogP contribution in [-0.4, -0.2) is 49.2 Å². The Morgan fingerprint density at radius 1 is 1.55 bits per heavy atom. The normalized spacial score (nSPS) is 22.2. The zero-order valence-electron chi connectivity index (χ0n) is 12.3. The molecule has 0 aliphatic carbocycles. The average Bonchev–Trinajstić information content (AvgIpc) is 2.46. The quantitative estimate of drug-likeness (QED) is 0.894. The van der Waals surface area contributed by atoms with Gasteiger partial charge in [-0.15, -0.1) is 0 Å². The van der Waals surface area contributed by atoms with E-state index >= 15 is 0 Å². The molecule has 1 saturated heterocycles. The summed E-state index contributed by atoms with van der Waals surface area (Å²) >= 11 is 5.92. The molecule has 0 bridgehead atoms. The summed E-state index contributed by atoms with van der Waals surface area (Å²) in [6.07, 6.45) is 0. The first-order valence-electron chi connectivity index (χ1n) is 6.68. The summed E-state index contributed by atoms with van der Waals surface area (Å²) in [6.45, 7) is 3.35. The molecule has 1 aromatic rings. The lowest BCUT2D eigenvalue weighted by atomic mass is 10.1. The molecule has 1 aliphatic rings. The van der Waals surface area contributed by atoms with Gasteiger partial charge < -0.3 is 9.84 Å². The number of hydrogen-bond donors (Lipinski definition) is 1. The molecule has 1 N–H and O–H groups in total. The van der Waals surface area contributed by atoms with E-state index in [2.05, 4.69) is 0 Å². The van der Waals surface area contributed by atoms with Crippen LogP contribution in [0.3, 0.4) is 0 Å². The Morgan fingerprint density at radius 2 is 2.23 bits per heavy atom. The highest BCUT2D eigenvalue weighted by Crippen LogP contribution is 2.30. The molecule has 1 heterocycles. The molecule has 22 heavy (non-hydrogen) atoms. The van der Waals surface area contributed by atoms with Crippen molar-refractivity contribution in [3.05, 3.63) is 28.8 Å². The van der Waals surface area contributed by atoms with Crippen LogP contribution in [0, 0.1) is 11.3 Å². The lowest BCUT2D eigenvalue weighted by Crippen LogP contribution is -2.57. The van der Waals surface area contributed by atoms with Gasteiger partial charge in [-0.3, -0.25) is 0 Å². The molecule has 0 aromatic heterocycles. The molecule has 1 atom stereocenters. The van der Waals surface area contributed by atoms with Crippen molar-refractivity contribution in [3.63, 3.8) is 0 Å². The van der Waals surface area contributed by atoms with Crippen LogP contribution in [0.15, 0.2) is 23.1 Å². The molecule has 0 amide bonds. The summed E-state index contributed by atoms with van der Waals surface area (Å²) in [5.41, 5.74) is -0.769. The van der Waals surface area contributed by atoms with Crippen molar-refractivity contribution in [1.82, 2.24) is 4.31 Å². The van der Waals surface area contributed by atoms with Crippen molar-refractivity contribution in [2.75, 3.05) is 19.8 Å². The fraction of sp³-hybridized carbons (Fsp3) is 0.500. The predicted molar refractivity (Wildman–Crippen MR) is 81.0 cm³/mol. The third kappa shape index (κ3) is 3.12. The van der Waals surface area contributed by atoms with Crippen LogP contribution >= 0.6 is 11.6 Å². The van der Waals surface area contributed by atoms with Gasteiger partial charge in [0.15, 0.2) is 0 Å². The molecule has 8 heteroatoms. The molecule has 120 valence electrons. The van der Waals surface area contributed by atoms with Crippen molar-refractivity contribution in [2.24, 2.45) is 0 Å². The van der Waals surface area contributed by atoms with Gasteiger partial charge in [-0.2, -0.15) is 9.57 Å². The summed E-state index contributed by atoms with van der Waals surface area (Å²) in [4.78, 5) is -0.154. The fourth-order valence-electron chi connectivity index (χ4n) is 2.33. The van der Waals surface area contributed by atoms with Gasteiger partial charge in [-0.05, 0) is 26.0 Å². The number of sulfonamides is 1. The molecule has 0 saturated carbocycles. The van der Waals surface area contributed by atoms with Gasteiger partial charge in [0, 0.05) is 6.54 Å². The number of nitrogens with zero attached hydrogens (tertiary/aromatic N) is 2. The number of hydrogen-bond acceptors (Lipinski definition) is 5. The minimum atomic E-state index is -3.97. The van der Waals surface area contributed by atoms with E-state index in [4.69, 9.17) is 16.3 Å². The van der Waals surface area contributed by atoms with Crippen molar-refractivity contribution in [2.45, 2.75) is 30.4 Å². The zero-order chi connectivity index (χ0) is 16.5. The van der Waals surface area contributed by atoms with Gasteiger partial charge in [0.25, 0.3) is 0 Å². The Kier molecular flexibility index (Phi) is 4.80. The highest BCUT2D eigenvalue weighted by atomic mass is 35.5. The van der Waals surface area contributed by atoms with Crippen molar-refractivity contribution in [3.8, 4) is 6.07 Å². The molecule has 1 aromatic carbocycles. The van der Waals surface area contributed by atoms with Crippen molar-refractivity contribution >= 4 is 21.6 Å². The van der Waals surface area contributed by atoms with Crippen LogP contribution < -0.4 is 0 Å². The van der Waals surface area contributed by atoms with E-state index in [9.17, 15) is 18.8 Å². The van der Waals surface area contributed by atoms with Gasteiger partial charge in [0.05, 0.1) is 35.4 Å². The van der Waals surface area contributed by atoms with Crippen LogP contribution in [-0.2, 0) is 14.8 Å². The van der Waals surface area contributed by atoms with Crippen molar-refractivity contribution < 1.29 is 18.3 Å². The molecule has 1 aliphatic heterocycles. The van der Waals surface area contributed by atoms with Crippen LogP contribution in [0.5, 0.6) is 0 Å². The fourth-order valence-corrected chi connectivity index (χ4v) is 4.52. The third-order valence-electron chi connectivity index (χ3n) is 3.49. The number of benzene rings is 1. The van der Waals surface area contributed by atoms with Crippen LogP contribution in [0.1, 0.15) is 19.4 Å². The average molecular weight is 345 g/mol. The number of rotatable bonds is 3. The van der Waals surface area contributed by atoms with Gasteiger partial charge in [-0.1, -0.05) is 17.7 Å². The predicted octanol–water partition coefficient (Wildman–Crippen LogP) is 1.37. The molecule has 6 nitrogen and oxygen atoms in total. The van der Waals surface area contributed by atoms with E-state index < -0.39 is 21.7 Å². The highest BCUT2D eigenvalue weighted by Gasteiger charge is 2.41. The Hall–Kier alpha value is -1.17. The van der Waals surface area contributed by atoms with Crippen LogP contribution in [0.2, 0.25) is 5.02 Å². The van der Waals surface area contributed by atoms with Gasteiger partial charge in [0.2, 0.25) is 10.0 Å². The summed E-state index contributed by atoms with van der Waals surface area (Å²) in [6, 6.07) is 5.43. The number of ether oxygens (including phenoxy) is 1. The molecular formula is C14H17ClN2O4S. The molecule has 0 spiro atoms. The molecule has 1 unspecified atom stereocenters. The van der Waals surface area contributed by atoms with E-state index in [0.717, 1.165) is 0 Å². The number of morpholine rings is 1. The molecular weight excluding hydrogens is 328 g/mol. The number of aliphatic hydroxyl groups excluding tert-OH is 1. The number of aliphatic hydroxyl groups is 1. The molecule has 1 fully saturated rings. The molecule has 2 rings (SSSR count). The number of nitriles is 1. The Balaban J connectivity index is 2.54. The number of halogens is 1. The second-order valence-electron chi connectivity index (χ2n) is 5.68. The van der Waals surface area contributed by atoms with Crippen molar-refractivity contribution in [1.29, 1.82) is 5.26 Å². The van der Waals surface area contributed by atoms with E-state index in [-0.39, 0.29) is 35.2 Å². The minimum absolute atomic E-state index is 0.0802. The Bertz CT molecular complexity index is 712.